The Labute approximate surface area is 96.6 Å². The van der Waals surface area contributed by atoms with E-state index in [-0.39, 0.29) is 6.42 Å². The summed E-state index contributed by atoms with van der Waals surface area (Å²) in [6, 6.07) is 3.61. The molecule has 0 amide bonds. The highest BCUT2D eigenvalue weighted by Gasteiger charge is 2.14. The van der Waals surface area contributed by atoms with E-state index in [4.69, 9.17) is 9.52 Å². The summed E-state index contributed by atoms with van der Waals surface area (Å²) in [4.78, 5) is 15.9. The maximum absolute atomic E-state index is 10.7. The average molecular weight is 237 g/mol. The summed E-state index contributed by atoms with van der Waals surface area (Å²) in [6.45, 7) is 1.96. The predicted molar refractivity (Wildman–Crippen MR) is 60.5 cm³/mol. The molecule has 0 radical (unpaired) electrons. The molecule has 2 aromatic rings. The number of carbonyl (C=O) groups is 1. The fourth-order valence-electron chi connectivity index (χ4n) is 1.44. The maximum atomic E-state index is 10.7. The van der Waals surface area contributed by atoms with E-state index in [1.54, 1.807) is 12.3 Å². The number of carboxylic acid groups (broad SMARTS) is 1. The van der Waals surface area contributed by atoms with Crippen LogP contribution < -0.4 is 0 Å². The SMILES string of the molecule is CCc1nc(-c2ccco2)sc1CC(=O)O. The number of thiazole rings is 1. The first-order chi connectivity index (χ1) is 7.70. The molecule has 0 aliphatic heterocycles. The molecule has 0 atom stereocenters. The van der Waals surface area contributed by atoms with Gasteiger partial charge < -0.3 is 9.52 Å². The highest BCUT2D eigenvalue weighted by atomic mass is 32.1. The molecule has 5 heteroatoms. The molecule has 2 rings (SSSR count). The maximum Gasteiger partial charge on any atom is 0.308 e. The Kier molecular flexibility index (Phi) is 3.05. The largest absolute Gasteiger partial charge is 0.481 e. The smallest absolute Gasteiger partial charge is 0.308 e. The van der Waals surface area contributed by atoms with E-state index in [1.807, 2.05) is 13.0 Å². The average Bonchev–Trinajstić information content (AvgIpc) is 2.83. The first-order valence-corrected chi connectivity index (χ1v) is 5.76. The van der Waals surface area contributed by atoms with Crippen LogP contribution in [0, 0.1) is 0 Å². The molecule has 0 saturated heterocycles. The van der Waals surface area contributed by atoms with Gasteiger partial charge in [-0.2, -0.15) is 0 Å². The zero-order valence-corrected chi connectivity index (χ0v) is 9.58. The van der Waals surface area contributed by atoms with Gasteiger partial charge in [0.05, 0.1) is 18.4 Å². The third-order valence-corrected chi connectivity index (χ3v) is 3.27. The van der Waals surface area contributed by atoms with Crippen molar-refractivity contribution in [2.75, 3.05) is 0 Å². The lowest BCUT2D eigenvalue weighted by atomic mass is 10.2. The molecule has 0 aliphatic rings. The molecule has 0 aliphatic carbocycles. The minimum absolute atomic E-state index is 0.0293. The summed E-state index contributed by atoms with van der Waals surface area (Å²) in [5, 5.41) is 9.53. The van der Waals surface area contributed by atoms with Crippen molar-refractivity contribution in [3.63, 3.8) is 0 Å². The van der Waals surface area contributed by atoms with Crippen molar-refractivity contribution in [3.8, 4) is 10.8 Å². The van der Waals surface area contributed by atoms with Gasteiger partial charge in [-0.1, -0.05) is 6.92 Å². The molecule has 16 heavy (non-hydrogen) atoms. The zero-order chi connectivity index (χ0) is 11.5. The van der Waals surface area contributed by atoms with Crippen molar-refractivity contribution in [2.45, 2.75) is 19.8 Å². The van der Waals surface area contributed by atoms with Crippen molar-refractivity contribution < 1.29 is 14.3 Å². The van der Waals surface area contributed by atoms with Gasteiger partial charge in [0.1, 0.15) is 0 Å². The number of aromatic nitrogens is 1. The zero-order valence-electron chi connectivity index (χ0n) is 8.77. The number of furan rings is 1. The number of aliphatic carboxylic acids is 1. The van der Waals surface area contributed by atoms with Crippen LogP contribution in [0.5, 0.6) is 0 Å². The van der Waals surface area contributed by atoms with E-state index >= 15 is 0 Å². The molecule has 1 N–H and O–H groups in total. The molecule has 4 nitrogen and oxygen atoms in total. The van der Waals surface area contributed by atoms with Crippen LogP contribution in [0.25, 0.3) is 10.8 Å². The van der Waals surface area contributed by atoms with E-state index < -0.39 is 5.97 Å². The second-order valence-electron chi connectivity index (χ2n) is 3.29. The van der Waals surface area contributed by atoms with Gasteiger partial charge in [0.25, 0.3) is 0 Å². The van der Waals surface area contributed by atoms with Crippen LogP contribution in [0.1, 0.15) is 17.5 Å². The molecule has 0 unspecified atom stereocenters. The number of carboxylic acids is 1. The number of hydrogen-bond donors (Lipinski definition) is 1. The van der Waals surface area contributed by atoms with Crippen molar-refractivity contribution in [3.05, 3.63) is 29.0 Å². The second kappa shape index (κ2) is 4.49. The number of aryl methyl sites for hydroxylation is 1. The van der Waals surface area contributed by atoms with Crippen molar-refractivity contribution in [2.24, 2.45) is 0 Å². The lowest BCUT2D eigenvalue weighted by molar-refractivity contribution is -0.136. The predicted octanol–water partition coefficient (Wildman–Crippen LogP) is 2.59. The molecule has 0 aromatic carbocycles. The lowest BCUT2D eigenvalue weighted by Crippen LogP contribution is -2.00. The normalized spacial score (nSPS) is 10.6. The molecular weight excluding hydrogens is 226 g/mol. The van der Waals surface area contributed by atoms with Gasteiger partial charge in [-0.3, -0.25) is 4.79 Å². The van der Waals surface area contributed by atoms with Crippen LogP contribution in [0.2, 0.25) is 0 Å². The summed E-state index contributed by atoms with van der Waals surface area (Å²) < 4.78 is 5.24. The number of rotatable bonds is 4. The summed E-state index contributed by atoms with van der Waals surface area (Å²) >= 11 is 1.38. The second-order valence-corrected chi connectivity index (χ2v) is 4.37. The number of hydrogen-bond acceptors (Lipinski definition) is 4. The van der Waals surface area contributed by atoms with Crippen LogP contribution >= 0.6 is 11.3 Å². The fourth-order valence-corrected chi connectivity index (χ4v) is 2.55. The van der Waals surface area contributed by atoms with Crippen LogP contribution in [0.3, 0.4) is 0 Å². The standard InChI is InChI=1S/C11H11NO3S/c1-2-7-9(6-10(13)14)16-11(12-7)8-4-3-5-15-8/h3-5H,2,6H2,1H3,(H,13,14). The molecule has 84 valence electrons. The Morgan fingerprint density at radius 1 is 1.62 bits per heavy atom. The van der Waals surface area contributed by atoms with Crippen molar-refractivity contribution in [1.82, 2.24) is 4.98 Å². The Morgan fingerprint density at radius 2 is 2.44 bits per heavy atom. The lowest BCUT2D eigenvalue weighted by Gasteiger charge is -1.93. The molecule has 2 aromatic heterocycles. The highest BCUT2D eigenvalue weighted by Crippen LogP contribution is 2.29. The van der Waals surface area contributed by atoms with E-state index in [1.165, 1.54) is 11.3 Å². The molecule has 0 saturated carbocycles. The Hall–Kier alpha value is -1.62. The monoisotopic (exact) mass is 237 g/mol. The van der Waals surface area contributed by atoms with E-state index in [9.17, 15) is 4.79 Å². The van der Waals surface area contributed by atoms with Crippen molar-refractivity contribution in [1.29, 1.82) is 0 Å². The summed E-state index contributed by atoms with van der Waals surface area (Å²) in [5.74, 6) is -0.138. The molecule has 0 fully saturated rings. The van der Waals surface area contributed by atoms with Gasteiger partial charge >= 0.3 is 5.97 Å². The summed E-state index contributed by atoms with van der Waals surface area (Å²) in [5.41, 5.74) is 0.846. The van der Waals surface area contributed by atoms with Gasteiger partial charge in [-0.05, 0) is 18.6 Å². The van der Waals surface area contributed by atoms with E-state index in [0.717, 1.165) is 22.0 Å². The fraction of sp³-hybridized carbons (Fsp3) is 0.273. The van der Waals surface area contributed by atoms with Gasteiger partial charge in [-0.15, -0.1) is 11.3 Å². The van der Waals surface area contributed by atoms with Crippen LogP contribution in [-0.2, 0) is 17.6 Å². The molecule has 2 heterocycles. The topological polar surface area (TPSA) is 63.3 Å². The minimum Gasteiger partial charge on any atom is -0.481 e. The summed E-state index contributed by atoms with van der Waals surface area (Å²) in [6.07, 6.45) is 2.35. The number of nitrogens with zero attached hydrogens (tertiary/aromatic N) is 1. The first kappa shape index (κ1) is 10.9. The molecule has 0 bridgehead atoms. The van der Waals surface area contributed by atoms with Crippen LogP contribution in [-0.4, -0.2) is 16.1 Å². The quantitative estimate of drug-likeness (QED) is 0.887. The van der Waals surface area contributed by atoms with Gasteiger partial charge in [0.15, 0.2) is 10.8 Å². The van der Waals surface area contributed by atoms with Gasteiger partial charge in [0.2, 0.25) is 0 Å². The third kappa shape index (κ3) is 2.14. The molecular formula is C11H11NO3S. The van der Waals surface area contributed by atoms with Crippen molar-refractivity contribution >= 4 is 17.3 Å². The van der Waals surface area contributed by atoms with E-state index in [2.05, 4.69) is 4.98 Å². The van der Waals surface area contributed by atoms with Gasteiger partial charge in [0, 0.05) is 4.88 Å². The van der Waals surface area contributed by atoms with Crippen LogP contribution in [0.4, 0.5) is 0 Å². The summed E-state index contributed by atoms with van der Waals surface area (Å²) in [7, 11) is 0. The highest BCUT2D eigenvalue weighted by molar-refractivity contribution is 7.15. The van der Waals surface area contributed by atoms with Crippen LogP contribution in [0.15, 0.2) is 22.8 Å². The first-order valence-electron chi connectivity index (χ1n) is 4.95. The molecule has 0 spiro atoms. The minimum atomic E-state index is -0.829. The Balaban J connectivity index is 2.36. The third-order valence-electron chi connectivity index (χ3n) is 2.16. The Bertz CT molecular complexity index is 487. The Morgan fingerprint density at radius 3 is 3.00 bits per heavy atom. The van der Waals surface area contributed by atoms with E-state index in [0.29, 0.717) is 5.76 Å². The van der Waals surface area contributed by atoms with Gasteiger partial charge in [-0.25, -0.2) is 4.98 Å².